The minimum absolute atomic E-state index is 0. The lowest BCUT2D eigenvalue weighted by molar-refractivity contribution is -0.119. The third-order valence-electron chi connectivity index (χ3n) is 3.07. The van der Waals surface area contributed by atoms with E-state index in [0.717, 1.165) is 31.5 Å². The van der Waals surface area contributed by atoms with Crippen molar-refractivity contribution in [2.24, 2.45) is 5.73 Å². The van der Waals surface area contributed by atoms with Crippen LogP contribution in [0.15, 0.2) is 24.3 Å². The summed E-state index contributed by atoms with van der Waals surface area (Å²) in [5.41, 5.74) is 8.16. The van der Waals surface area contributed by atoms with Crippen LogP contribution >= 0.6 is 12.4 Å². The fourth-order valence-electron chi connectivity index (χ4n) is 2.20. The predicted octanol–water partition coefficient (Wildman–Crippen LogP) is 2.12. The Labute approximate surface area is 108 Å². The van der Waals surface area contributed by atoms with E-state index < -0.39 is 0 Å². The highest BCUT2D eigenvalue weighted by molar-refractivity contribution is 5.98. The maximum atomic E-state index is 12.1. The summed E-state index contributed by atoms with van der Waals surface area (Å²) >= 11 is 0. The van der Waals surface area contributed by atoms with Crippen LogP contribution in [0.4, 0.5) is 5.69 Å². The van der Waals surface area contributed by atoms with Crippen molar-refractivity contribution < 1.29 is 4.79 Å². The SMILES string of the molecule is CCCC(N)C(=O)N1CCc2ccccc21.Cl. The van der Waals surface area contributed by atoms with Crippen LogP contribution in [-0.2, 0) is 11.2 Å². The van der Waals surface area contributed by atoms with Gasteiger partial charge in [0.05, 0.1) is 6.04 Å². The zero-order valence-corrected chi connectivity index (χ0v) is 10.9. The number of anilines is 1. The van der Waals surface area contributed by atoms with Gasteiger partial charge in [-0.2, -0.15) is 0 Å². The van der Waals surface area contributed by atoms with Crippen LogP contribution in [0.2, 0.25) is 0 Å². The number of hydrogen-bond acceptors (Lipinski definition) is 2. The van der Waals surface area contributed by atoms with Gasteiger partial charge in [0.1, 0.15) is 0 Å². The number of carbonyl (C=O) groups excluding carboxylic acids is 1. The molecular formula is C13H19ClN2O. The van der Waals surface area contributed by atoms with Gasteiger partial charge in [-0.05, 0) is 24.5 Å². The van der Waals surface area contributed by atoms with Gasteiger partial charge in [-0.15, -0.1) is 12.4 Å². The number of hydrogen-bond donors (Lipinski definition) is 1. The number of para-hydroxylation sites is 1. The van der Waals surface area contributed by atoms with Gasteiger partial charge in [0.25, 0.3) is 0 Å². The van der Waals surface area contributed by atoms with Gasteiger partial charge in [0.2, 0.25) is 5.91 Å². The monoisotopic (exact) mass is 254 g/mol. The lowest BCUT2D eigenvalue weighted by atomic mass is 10.1. The molecule has 1 amide bonds. The average Bonchev–Trinajstić information content (AvgIpc) is 2.72. The fourth-order valence-corrected chi connectivity index (χ4v) is 2.20. The molecule has 0 aromatic heterocycles. The van der Waals surface area contributed by atoms with Crippen LogP contribution in [0.3, 0.4) is 0 Å². The zero-order chi connectivity index (χ0) is 11.5. The Hall–Kier alpha value is -1.06. The molecule has 0 fully saturated rings. The minimum atomic E-state index is -0.351. The maximum absolute atomic E-state index is 12.1. The summed E-state index contributed by atoms with van der Waals surface area (Å²) in [5.74, 6) is 0.0619. The molecule has 4 heteroatoms. The molecule has 0 radical (unpaired) electrons. The van der Waals surface area contributed by atoms with Gasteiger partial charge >= 0.3 is 0 Å². The number of nitrogens with two attached hydrogens (primary N) is 1. The second-order valence-corrected chi connectivity index (χ2v) is 4.26. The lowest BCUT2D eigenvalue weighted by Crippen LogP contribution is -2.43. The first-order chi connectivity index (χ1) is 7.74. The van der Waals surface area contributed by atoms with Crippen LogP contribution in [0.1, 0.15) is 25.3 Å². The summed E-state index contributed by atoms with van der Waals surface area (Å²) in [5, 5.41) is 0. The van der Waals surface area contributed by atoms with Crippen molar-refractivity contribution in [2.45, 2.75) is 32.2 Å². The molecular weight excluding hydrogens is 236 g/mol. The molecule has 1 unspecified atom stereocenters. The summed E-state index contributed by atoms with van der Waals surface area (Å²) in [6.45, 7) is 2.82. The first-order valence-electron chi connectivity index (χ1n) is 5.89. The first kappa shape index (κ1) is 14.0. The van der Waals surface area contributed by atoms with Gasteiger partial charge in [-0.3, -0.25) is 4.79 Å². The number of rotatable bonds is 3. The largest absolute Gasteiger partial charge is 0.320 e. The molecule has 1 aromatic carbocycles. The fraction of sp³-hybridized carbons (Fsp3) is 0.462. The molecule has 1 aliphatic rings. The van der Waals surface area contributed by atoms with Crippen molar-refractivity contribution in [2.75, 3.05) is 11.4 Å². The van der Waals surface area contributed by atoms with E-state index in [1.807, 2.05) is 30.0 Å². The number of carbonyl (C=O) groups is 1. The number of amides is 1. The van der Waals surface area contributed by atoms with E-state index in [9.17, 15) is 4.79 Å². The van der Waals surface area contributed by atoms with Gasteiger partial charge < -0.3 is 10.6 Å². The van der Waals surface area contributed by atoms with Crippen molar-refractivity contribution >= 4 is 24.0 Å². The third kappa shape index (κ3) is 2.79. The van der Waals surface area contributed by atoms with E-state index in [1.54, 1.807) is 0 Å². The van der Waals surface area contributed by atoms with Crippen molar-refractivity contribution in [3.8, 4) is 0 Å². The van der Waals surface area contributed by atoms with E-state index in [4.69, 9.17) is 5.73 Å². The van der Waals surface area contributed by atoms with Gasteiger partial charge in [-0.25, -0.2) is 0 Å². The highest BCUT2D eigenvalue weighted by atomic mass is 35.5. The number of halogens is 1. The Kier molecular flexibility index (Phi) is 4.97. The van der Waals surface area contributed by atoms with Crippen molar-refractivity contribution in [1.29, 1.82) is 0 Å². The van der Waals surface area contributed by atoms with Gasteiger partial charge in [0, 0.05) is 12.2 Å². The summed E-state index contributed by atoms with van der Waals surface area (Å²) in [6, 6.07) is 7.71. The number of fused-ring (bicyclic) bond motifs is 1. The van der Waals surface area contributed by atoms with Crippen molar-refractivity contribution in [3.63, 3.8) is 0 Å². The van der Waals surface area contributed by atoms with Crippen molar-refractivity contribution in [1.82, 2.24) is 0 Å². The topological polar surface area (TPSA) is 46.3 Å². The Balaban J connectivity index is 0.00000144. The molecule has 1 aliphatic heterocycles. The Morgan fingerprint density at radius 2 is 2.18 bits per heavy atom. The zero-order valence-electron chi connectivity index (χ0n) is 10.1. The molecule has 1 atom stereocenters. The van der Waals surface area contributed by atoms with E-state index in [0.29, 0.717) is 0 Å². The summed E-state index contributed by atoms with van der Waals surface area (Å²) in [4.78, 5) is 13.9. The molecule has 3 nitrogen and oxygen atoms in total. The third-order valence-corrected chi connectivity index (χ3v) is 3.07. The molecule has 0 bridgehead atoms. The molecule has 2 rings (SSSR count). The van der Waals surface area contributed by atoms with Crippen LogP contribution in [0.5, 0.6) is 0 Å². The van der Waals surface area contributed by atoms with Crippen LogP contribution in [0.25, 0.3) is 0 Å². The Morgan fingerprint density at radius 1 is 1.47 bits per heavy atom. The molecule has 0 saturated carbocycles. The van der Waals surface area contributed by atoms with E-state index in [2.05, 4.69) is 6.07 Å². The van der Waals surface area contributed by atoms with Gasteiger partial charge in [-0.1, -0.05) is 31.5 Å². The number of benzene rings is 1. The summed E-state index contributed by atoms with van der Waals surface area (Å²) < 4.78 is 0. The predicted molar refractivity (Wildman–Crippen MR) is 72.6 cm³/mol. The number of nitrogens with zero attached hydrogens (tertiary/aromatic N) is 1. The molecule has 0 saturated heterocycles. The molecule has 0 spiro atoms. The second kappa shape index (κ2) is 6.03. The van der Waals surface area contributed by atoms with Crippen LogP contribution in [-0.4, -0.2) is 18.5 Å². The summed E-state index contributed by atoms with van der Waals surface area (Å²) in [6.07, 6.45) is 2.65. The molecule has 94 valence electrons. The van der Waals surface area contributed by atoms with Crippen LogP contribution in [0, 0.1) is 0 Å². The van der Waals surface area contributed by atoms with E-state index >= 15 is 0 Å². The minimum Gasteiger partial charge on any atom is -0.320 e. The Bertz CT molecular complexity index is 395. The molecule has 1 aromatic rings. The quantitative estimate of drug-likeness (QED) is 0.898. The molecule has 1 heterocycles. The van der Waals surface area contributed by atoms with E-state index in [1.165, 1.54) is 5.56 Å². The van der Waals surface area contributed by atoms with Gasteiger partial charge in [0.15, 0.2) is 0 Å². The smallest absolute Gasteiger partial charge is 0.243 e. The van der Waals surface area contributed by atoms with E-state index in [-0.39, 0.29) is 24.4 Å². The highest BCUT2D eigenvalue weighted by Crippen LogP contribution is 2.27. The average molecular weight is 255 g/mol. The lowest BCUT2D eigenvalue weighted by Gasteiger charge is -2.21. The Morgan fingerprint density at radius 3 is 2.88 bits per heavy atom. The first-order valence-corrected chi connectivity index (χ1v) is 5.89. The van der Waals surface area contributed by atoms with Crippen LogP contribution < -0.4 is 10.6 Å². The molecule has 0 aliphatic carbocycles. The second-order valence-electron chi connectivity index (χ2n) is 4.26. The standard InChI is InChI=1S/C13H18N2O.ClH/c1-2-5-11(14)13(16)15-9-8-10-6-3-4-7-12(10)15;/h3-4,6-7,11H,2,5,8-9,14H2,1H3;1H. The molecule has 17 heavy (non-hydrogen) atoms. The highest BCUT2D eigenvalue weighted by Gasteiger charge is 2.27. The van der Waals surface area contributed by atoms with Crippen molar-refractivity contribution in [3.05, 3.63) is 29.8 Å². The molecule has 2 N–H and O–H groups in total. The maximum Gasteiger partial charge on any atom is 0.243 e. The normalized spacial score (nSPS) is 15.1. The summed E-state index contributed by atoms with van der Waals surface area (Å²) in [7, 11) is 0.